The summed E-state index contributed by atoms with van der Waals surface area (Å²) in [6.45, 7) is 4.19. The van der Waals surface area contributed by atoms with E-state index in [2.05, 4.69) is 9.88 Å². The van der Waals surface area contributed by atoms with Crippen LogP contribution >= 0.6 is 11.8 Å². The molecule has 2 aliphatic rings. The first-order valence-corrected chi connectivity index (χ1v) is 10.6. The highest BCUT2D eigenvalue weighted by molar-refractivity contribution is 7.99. The van der Waals surface area contributed by atoms with Crippen LogP contribution in [-0.4, -0.2) is 83.1 Å². The van der Waals surface area contributed by atoms with Crippen molar-refractivity contribution in [1.82, 2.24) is 19.7 Å². The molecular weight excluding hydrogens is 386 g/mol. The number of hydrogen-bond donors (Lipinski definition) is 0. The number of pyridine rings is 1. The Morgan fingerprint density at radius 2 is 1.68 bits per heavy atom. The second kappa shape index (κ2) is 10.2. The van der Waals surface area contributed by atoms with Gasteiger partial charge in [-0.15, -0.1) is 0 Å². The standard InChI is InChI=1S/C19H26F2N4O2S/c20-19(21)28-17-15(6-5-7-22-17)18(27)25-12-10-23(11-13-25)14-16(26)24-8-3-1-2-4-9-24/h5-7,19H,1-4,8-14H2. The molecule has 0 atom stereocenters. The largest absolute Gasteiger partial charge is 0.342 e. The van der Waals surface area contributed by atoms with E-state index in [4.69, 9.17) is 0 Å². The zero-order chi connectivity index (χ0) is 19.9. The lowest BCUT2D eigenvalue weighted by atomic mass is 10.2. The zero-order valence-electron chi connectivity index (χ0n) is 15.9. The fraction of sp³-hybridized carbons (Fsp3) is 0.632. The summed E-state index contributed by atoms with van der Waals surface area (Å²) in [5, 5.41) is 0.0567. The number of likely N-dealkylation sites (tertiary alicyclic amines) is 1. The lowest BCUT2D eigenvalue weighted by molar-refractivity contribution is -0.132. The summed E-state index contributed by atoms with van der Waals surface area (Å²) >= 11 is 0.291. The summed E-state index contributed by atoms with van der Waals surface area (Å²) in [5.41, 5.74) is 0.210. The molecule has 3 heterocycles. The van der Waals surface area contributed by atoms with Crippen molar-refractivity contribution in [2.24, 2.45) is 0 Å². The second-order valence-electron chi connectivity index (χ2n) is 7.10. The Labute approximate surface area is 168 Å². The summed E-state index contributed by atoms with van der Waals surface area (Å²) in [4.78, 5) is 34.9. The highest BCUT2D eigenvalue weighted by Gasteiger charge is 2.27. The summed E-state index contributed by atoms with van der Waals surface area (Å²) in [6.07, 6.45) is 5.92. The Morgan fingerprint density at radius 1 is 1.00 bits per heavy atom. The van der Waals surface area contributed by atoms with E-state index in [1.165, 1.54) is 25.1 Å². The lowest BCUT2D eigenvalue weighted by Gasteiger charge is -2.35. The topological polar surface area (TPSA) is 56.8 Å². The van der Waals surface area contributed by atoms with Gasteiger partial charge in [-0.3, -0.25) is 14.5 Å². The van der Waals surface area contributed by atoms with Crippen LogP contribution in [-0.2, 0) is 4.79 Å². The first-order valence-electron chi connectivity index (χ1n) is 9.74. The van der Waals surface area contributed by atoms with E-state index in [1.807, 2.05) is 4.90 Å². The van der Waals surface area contributed by atoms with Gasteiger partial charge in [-0.2, -0.15) is 8.78 Å². The molecule has 2 saturated heterocycles. The minimum Gasteiger partial charge on any atom is -0.342 e. The molecule has 0 N–H and O–H groups in total. The van der Waals surface area contributed by atoms with Crippen LogP contribution in [0.3, 0.4) is 0 Å². The normalized spacial score (nSPS) is 19.0. The average molecular weight is 413 g/mol. The van der Waals surface area contributed by atoms with Gasteiger partial charge in [0.05, 0.1) is 12.1 Å². The fourth-order valence-corrected chi connectivity index (χ4v) is 4.20. The number of halogens is 2. The molecule has 9 heteroatoms. The molecule has 0 aromatic carbocycles. The van der Waals surface area contributed by atoms with Crippen molar-refractivity contribution in [3.8, 4) is 0 Å². The summed E-state index contributed by atoms with van der Waals surface area (Å²) in [6, 6.07) is 3.12. The number of thioether (sulfide) groups is 1. The summed E-state index contributed by atoms with van der Waals surface area (Å²) in [5.74, 6) is -2.75. The minimum atomic E-state index is -2.62. The van der Waals surface area contributed by atoms with Gasteiger partial charge >= 0.3 is 0 Å². The maximum atomic E-state index is 12.8. The Hall–Kier alpha value is -1.74. The number of carbonyl (C=O) groups is 2. The smallest absolute Gasteiger partial charge is 0.290 e. The van der Waals surface area contributed by atoms with Crippen LogP contribution in [0.1, 0.15) is 36.0 Å². The molecule has 1 aromatic heterocycles. The van der Waals surface area contributed by atoms with Crippen molar-refractivity contribution < 1.29 is 18.4 Å². The van der Waals surface area contributed by atoms with Crippen molar-refractivity contribution in [2.45, 2.75) is 36.5 Å². The number of hydrogen-bond acceptors (Lipinski definition) is 5. The molecule has 6 nitrogen and oxygen atoms in total. The summed E-state index contributed by atoms with van der Waals surface area (Å²) in [7, 11) is 0. The predicted octanol–water partition coefficient (Wildman–Crippen LogP) is 2.56. The lowest BCUT2D eigenvalue weighted by Crippen LogP contribution is -2.51. The molecule has 28 heavy (non-hydrogen) atoms. The third-order valence-electron chi connectivity index (χ3n) is 5.18. The third-order valence-corrected chi connectivity index (χ3v) is 5.91. The molecule has 0 aliphatic carbocycles. The van der Waals surface area contributed by atoms with E-state index in [-0.39, 0.29) is 22.4 Å². The fourth-order valence-electron chi connectivity index (χ4n) is 3.62. The molecule has 154 valence electrons. The van der Waals surface area contributed by atoms with E-state index in [9.17, 15) is 18.4 Å². The maximum Gasteiger partial charge on any atom is 0.290 e. The first kappa shape index (κ1) is 21.0. The van der Waals surface area contributed by atoms with E-state index in [1.54, 1.807) is 11.0 Å². The first-order chi connectivity index (χ1) is 13.5. The van der Waals surface area contributed by atoms with Crippen LogP contribution in [0.5, 0.6) is 0 Å². The van der Waals surface area contributed by atoms with Gasteiger partial charge in [-0.1, -0.05) is 12.8 Å². The van der Waals surface area contributed by atoms with Crippen LogP contribution in [0, 0.1) is 0 Å². The molecule has 0 spiro atoms. The van der Waals surface area contributed by atoms with E-state index in [0.717, 1.165) is 25.9 Å². The van der Waals surface area contributed by atoms with Gasteiger partial charge in [-0.05, 0) is 36.7 Å². The van der Waals surface area contributed by atoms with E-state index < -0.39 is 5.76 Å². The number of alkyl halides is 2. The Bertz CT molecular complexity index is 676. The molecule has 0 bridgehead atoms. The molecule has 0 saturated carbocycles. The van der Waals surface area contributed by atoms with Gasteiger partial charge in [0.25, 0.3) is 11.7 Å². The Balaban J connectivity index is 1.52. The van der Waals surface area contributed by atoms with Crippen LogP contribution in [0.25, 0.3) is 0 Å². The number of nitrogens with zero attached hydrogens (tertiary/aromatic N) is 4. The van der Waals surface area contributed by atoms with Gasteiger partial charge in [0.1, 0.15) is 5.03 Å². The van der Waals surface area contributed by atoms with Crippen molar-refractivity contribution in [3.63, 3.8) is 0 Å². The van der Waals surface area contributed by atoms with Crippen LogP contribution in [0.4, 0.5) is 8.78 Å². The molecule has 1 aromatic rings. The Kier molecular flexibility index (Phi) is 7.61. The quantitative estimate of drug-likeness (QED) is 0.696. The van der Waals surface area contributed by atoms with Crippen LogP contribution in [0.2, 0.25) is 0 Å². The number of carbonyl (C=O) groups excluding carboxylic acids is 2. The molecule has 2 aliphatic heterocycles. The molecular formula is C19H26F2N4O2S. The van der Waals surface area contributed by atoms with Crippen LogP contribution < -0.4 is 0 Å². The average Bonchev–Trinajstić information content (AvgIpc) is 2.98. The molecule has 0 radical (unpaired) electrons. The molecule has 0 unspecified atom stereocenters. The summed E-state index contributed by atoms with van der Waals surface area (Å²) < 4.78 is 25.4. The SMILES string of the molecule is O=C(CN1CCN(C(=O)c2cccnc2SC(F)F)CC1)N1CCCCCC1. The van der Waals surface area contributed by atoms with Gasteiger partial charge in [-0.25, -0.2) is 4.98 Å². The Morgan fingerprint density at radius 3 is 2.32 bits per heavy atom. The highest BCUT2D eigenvalue weighted by Crippen LogP contribution is 2.27. The molecule has 2 amide bonds. The number of aromatic nitrogens is 1. The highest BCUT2D eigenvalue weighted by atomic mass is 32.2. The number of rotatable bonds is 5. The molecule has 3 rings (SSSR count). The van der Waals surface area contributed by atoms with Gasteiger partial charge < -0.3 is 9.80 Å². The van der Waals surface area contributed by atoms with Crippen molar-refractivity contribution in [1.29, 1.82) is 0 Å². The van der Waals surface area contributed by atoms with Gasteiger partial charge in [0.2, 0.25) is 5.91 Å². The maximum absolute atomic E-state index is 12.8. The van der Waals surface area contributed by atoms with Crippen molar-refractivity contribution >= 4 is 23.6 Å². The van der Waals surface area contributed by atoms with Crippen LogP contribution in [0.15, 0.2) is 23.4 Å². The number of amides is 2. The second-order valence-corrected chi connectivity index (χ2v) is 8.08. The number of piperazine rings is 1. The van der Waals surface area contributed by atoms with Gasteiger partial charge in [0, 0.05) is 45.5 Å². The zero-order valence-corrected chi connectivity index (χ0v) is 16.7. The van der Waals surface area contributed by atoms with E-state index >= 15 is 0 Å². The monoisotopic (exact) mass is 412 g/mol. The third kappa shape index (κ3) is 5.64. The van der Waals surface area contributed by atoms with Crippen molar-refractivity contribution in [3.05, 3.63) is 23.9 Å². The minimum absolute atomic E-state index is 0.0567. The van der Waals surface area contributed by atoms with Gasteiger partial charge in [0.15, 0.2) is 0 Å². The van der Waals surface area contributed by atoms with Crippen molar-refractivity contribution in [2.75, 3.05) is 45.8 Å². The predicted molar refractivity (Wildman–Crippen MR) is 103 cm³/mol. The van der Waals surface area contributed by atoms with E-state index in [0.29, 0.717) is 44.5 Å². The molecule has 2 fully saturated rings.